The van der Waals surface area contributed by atoms with Crippen molar-refractivity contribution in [1.29, 1.82) is 0 Å². The lowest BCUT2D eigenvalue weighted by atomic mass is 10.3. The first kappa shape index (κ1) is 12.6. The first-order valence-corrected chi connectivity index (χ1v) is 6.06. The van der Waals surface area contributed by atoms with Gasteiger partial charge in [-0.15, -0.1) is 11.3 Å². The lowest BCUT2D eigenvalue weighted by molar-refractivity contribution is 0.0712. The highest BCUT2D eigenvalue weighted by atomic mass is 32.1. The quantitative estimate of drug-likeness (QED) is 0.692. The molecule has 0 aliphatic carbocycles. The fourth-order valence-corrected chi connectivity index (χ4v) is 1.99. The smallest absolute Gasteiger partial charge is 0.0700 e. The Morgan fingerprint density at radius 1 is 1.40 bits per heavy atom. The molecule has 3 nitrogen and oxygen atoms in total. The van der Waals surface area contributed by atoms with Gasteiger partial charge < -0.3 is 14.8 Å². The maximum Gasteiger partial charge on any atom is 0.0700 e. The van der Waals surface area contributed by atoms with Gasteiger partial charge >= 0.3 is 0 Å². The molecule has 0 spiro atoms. The van der Waals surface area contributed by atoms with Crippen LogP contribution in [0.2, 0.25) is 0 Å². The summed E-state index contributed by atoms with van der Waals surface area (Å²) in [5, 5.41) is 5.51. The van der Waals surface area contributed by atoms with Crippen LogP contribution < -0.4 is 5.32 Å². The highest BCUT2D eigenvalue weighted by Gasteiger charge is 2.03. The molecule has 0 aromatic carbocycles. The number of thiophene rings is 1. The molecule has 4 heteroatoms. The standard InChI is InChI=1S/C11H19NO2S/c1-10(11-4-3-9-15-11)12-5-6-14-8-7-13-2/h3-4,9-10,12H,5-8H2,1-2H3. The summed E-state index contributed by atoms with van der Waals surface area (Å²) in [5.74, 6) is 0. The van der Waals surface area contributed by atoms with Crippen LogP contribution in [0.15, 0.2) is 17.5 Å². The van der Waals surface area contributed by atoms with Crippen molar-refractivity contribution < 1.29 is 9.47 Å². The molecule has 0 aliphatic heterocycles. The van der Waals surface area contributed by atoms with Crippen molar-refractivity contribution in [1.82, 2.24) is 5.32 Å². The molecular weight excluding hydrogens is 210 g/mol. The molecule has 0 saturated heterocycles. The Labute approximate surface area is 95.4 Å². The summed E-state index contributed by atoms with van der Waals surface area (Å²) in [7, 11) is 1.68. The van der Waals surface area contributed by atoms with E-state index in [1.165, 1.54) is 4.88 Å². The molecule has 1 atom stereocenters. The first-order valence-electron chi connectivity index (χ1n) is 5.18. The number of ether oxygens (including phenoxy) is 2. The average Bonchev–Trinajstić information content (AvgIpc) is 2.76. The summed E-state index contributed by atoms with van der Waals surface area (Å²) in [6, 6.07) is 4.64. The van der Waals surface area contributed by atoms with Gasteiger partial charge in [-0.2, -0.15) is 0 Å². The molecule has 1 aromatic heterocycles. The van der Waals surface area contributed by atoms with Gasteiger partial charge in [-0.05, 0) is 18.4 Å². The number of methoxy groups -OCH3 is 1. The topological polar surface area (TPSA) is 30.5 Å². The van der Waals surface area contributed by atoms with Gasteiger partial charge in [-0.1, -0.05) is 6.07 Å². The van der Waals surface area contributed by atoms with E-state index < -0.39 is 0 Å². The summed E-state index contributed by atoms with van der Waals surface area (Å²) in [5.41, 5.74) is 0. The fourth-order valence-electron chi connectivity index (χ4n) is 1.23. The Morgan fingerprint density at radius 2 is 2.27 bits per heavy atom. The van der Waals surface area contributed by atoms with Gasteiger partial charge in [0, 0.05) is 24.6 Å². The van der Waals surface area contributed by atoms with Gasteiger partial charge in [-0.25, -0.2) is 0 Å². The lowest BCUT2D eigenvalue weighted by Gasteiger charge is -2.11. The van der Waals surface area contributed by atoms with Crippen molar-refractivity contribution in [2.45, 2.75) is 13.0 Å². The van der Waals surface area contributed by atoms with Gasteiger partial charge in [0.2, 0.25) is 0 Å². The SMILES string of the molecule is COCCOCCNC(C)c1cccs1. The van der Waals surface area contributed by atoms with E-state index in [1.807, 2.05) is 0 Å². The van der Waals surface area contributed by atoms with Crippen LogP contribution in [-0.2, 0) is 9.47 Å². The summed E-state index contributed by atoms with van der Waals surface area (Å²) >= 11 is 1.78. The molecule has 15 heavy (non-hydrogen) atoms. The number of nitrogens with one attached hydrogen (secondary N) is 1. The molecule has 0 saturated carbocycles. The molecule has 1 unspecified atom stereocenters. The predicted molar refractivity (Wildman–Crippen MR) is 63.4 cm³/mol. The van der Waals surface area contributed by atoms with Gasteiger partial charge in [0.1, 0.15) is 0 Å². The minimum Gasteiger partial charge on any atom is -0.382 e. The molecule has 0 aliphatic rings. The summed E-state index contributed by atoms with van der Waals surface area (Å²) in [6.07, 6.45) is 0. The van der Waals surface area contributed by atoms with E-state index in [0.717, 1.165) is 13.2 Å². The third kappa shape index (κ3) is 5.28. The Balaban J connectivity index is 2.00. The molecule has 86 valence electrons. The van der Waals surface area contributed by atoms with E-state index in [9.17, 15) is 0 Å². The van der Waals surface area contributed by atoms with E-state index in [0.29, 0.717) is 19.3 Å². The minimum atomic E-state index is 0.413. The molecule has 0 radical (unpaired) electrons. The molecular formula is C11H19NO2S. The Bertz CT molecular complexity index is 239. The van der Waals surface area contributed by atoms with E-state index >= 15 is 0 Å². The second-order valence-electron chi connectivity index (χ2n) is 3.30. The van der Waals surface area contributed by atoms with Crippen molar-refractivity contribution in [3.63, 3.8) is 0 Å². The van der Waals surface area contributed by atoms with Gasteiger partial charge in [0.15, 0.2) is 0 Å². The van der Waals surface area contributed by atoms with Crippen LogP contribution >= 0.6 is 11.3 Å². The molecule has 0 amide bonds. The van der Waals surface area contributed by atoms with Gasteiger partial charge in [-0.3, -0.25) is 0 Å². The van der Waals surface area contributed by atoms with Crippen molar-refractivity contribution in [2.75, 3.05) is 33.5 Å². The van der Waals surface area contributed by atoms with Crippen LogP contribution in [0.3, 0.4) is 0 Å². The second kappa shape index (κ2) is 7.82. The minimum absolute atomic E-state index is 0.413. The lowest BCUT2D eigenvalue weighted by Crippen LogP contribution is -2.23. The highest BCUT2D eigenvalue weighted by molar-refractivity contribution is 7.10. The van der Waals surface area contributed by atoms with Crippen molar-refractivity contribution in [2.24, 2.45) is 0 Å². The zero-order valence-electron chi connectivity index (χ0n) is 9.36. The van der Waals surface area contributed by atoms with Gasteiger partial charge in [0.25, 0.3) is 0 Å². The maximum absolute atomic E-state index is 5.36. The van der Waals surface area contributed by atoms with E-state index in [1.54, 1.807) is 18.4 Å². The van der Waals surface area contributed by atoms with E-state index in [2.05, 4.69) is 29.8 Å². The third-order valence-corrected chi connectivity index (χ3v) is 3.15. The molecule has 1 aromatic rings. The molecule has 1 N–H and O–H groups in total. The largest absolute Gasteiger partial charge is 0.382 e. The number of hydrogen-bond acceptors (Lipinski definition) is 4. The third-order valence-electron chi connectivity index (χ3n) is 2.10. The highest BCUT2D eigenvalue weighted by Crippen LogP contribution is 2.17. The second-order valence-corrected chi connectivity index (χ2v) is 4.28. The van der Waals surface area contributed by atoms with Crippen molar-refractivity contribution in [3.05, 3.63) is 22.4 Å². The summed E-state index contributed by atoms with van der Waals surface area (Å²) < 4.78 is 10.2. The zero-order chi connectivity index (χ0) is 10.9. The first-order chi connectivity index (χ1) is 7.34. The monoisotopic (exact) mass is 229 g/mol. The van der Waals surface area contributed by atoms with Crippen molar-refractivity contribution >= 4 is 11.3 Å². The van der Waals surface area contributed by atoms with E-state index in [-0.39, 0.29) is 0 Å². The van der Waals surface area contributed by atoms with Crippen LogP contribution in [0, 0.1) is 0 Å². The number of rotatable bonds is 8. The van der Waals surface area contributed by atoms with Crippen LogP contribution in [0.4, 0.5) is 0 Å². The molecule has 1 rings (SSSR count). The van der Waals surface area contributed by atoms with Crippen LogP contribution in [0.5, 0.6) is 0 Å². The molecule has 1 heterocycles. The number of hydrogen-bond donors (Lipinski definition) is 1. The van der Waals surface area contributed by atoms with Gasteiger partial charge in [0.05, 0.1) is 19.8 Å². The summed E-state index contributed by atoms with van der Waals surface area (Å²) in [6.45, 7) is 5.12. The van der Waals surface area contributed by atoms with Crippen LogP contribution in [0.1, 0.15) is 17.8 Å². The fraction of sp³-hybridized carbons (Fsp3) is 0.636. The Kier molecular flexibility index (Phi) is 6.59. The normalized spacial score (nSPS) is 12.9. The Morgan fingerprint density at radius 3 is 2.93 bits per heavy atom. The molecule has 0 fully saturated rings. The predicted octanol–water partition coefficient (Wildman–Crippen LogP) is 2.06. The molecule has 0 bridgehead atoms. The van der Waals surface area contributed by atoms with E-state index in [4.69, 9.17) is 9.47 Å². The van der Waals surface area contributed by atoms with Crippen LogP contribution in [0.25, 0.3) is 0 Å². The summed E-state index contributed by atoms with van der Waals surface area (Å²) in [4.78, 5) is 1.37. The maximum atomic E-state index is 5.36. The Hall–Kier alpha value is -0.420. The zero-order valence-corrected chi connectivity index (χ0v) is 10.2. The average molecular weight is 229 g/mol. The van der Waals surface area contributed by atoms with Crippen molar-refractivity contribution in [3.8, 4) is 0 Å². The van der Waals surface area contributed by atoms with Crippen LogP contribution in [-0.4, -0.2) is 33.5 Å².